The number of benzene rings is 1. The molecule has 0 aliphatic carbocycles. The third-order valence-corrected chi connectivity index (χ3v) is 2.01. The summed E-state index contributed by atoms with van der Waals surface area (Å²) in [6.07, 6.45) is 0. The first kappa shape index (κ1) is 8.28. The standard InChI is InChI=1S/C10H15N/c1-8-4-6-10(7-5-8)9(2)11-3/h4-7,9,11H,1-3H3. The van der Waals surface area contributed by atoms with Crippen molar-refractivity contribution in [3.8, 4) is 0 Å². The fraction of sp³-hybridized carbons (Fsp3) is 0.400. The van der Waals surface area contributed by atoms with Gasteiger partial charge in [0, 0.05) is 6.04 Å². The van der Waals surface area contributed by atoms with Crippen molar-refractivity contribution in [1.82, 2.24) is 5.32 Å². The number of hydrogen-bond acceptors (Lipinski definition) is 1. The number of aryl methyl sites for hydroxylation is 1. The van der Waals surface area contributed by atoms with Gasteiger partial charge in [0.05, 0.1) is 0 Å². The van der Waals surface area contributed by atoms with E-state index >= 15 is 0 Å². The van der Waals surface area contributed by atoms with E-state index in [-0.39, 0.29) is 0 Å². The Morgan fingerprint density at radius 2 is 1.73 bits per heavy atom. The van der Waals surface area contributed by atoms with Gasteiger partial charge in [-0.05, 0) is 26.5 Å². The molecule has 0 aliphatic rings. The SMILES string of the molecule is CNC(C)c1ccc(C)cc1. The number of rotatable bonds is 2. The average Bonchev–Trinajstić information content (AvgIpc) is 2.05. The molecule has 0 saturated carbocycles. The van der Waals surface area contributed by atoms with Crippen molar-refractivity contribution in [2.24, 2.45) is 0 Å². The van der Waals surface area contributed by atoms with Crippen molar-refractivity contribution in [2.75, 3.05) is 7.05 Å². The Kier molecular flexibility index (Phi) is 2.66. The molecule has 1 nitrogen and oxygen atoms in total. The second-order valence-electron chi connectivity index (χ2n) is 2.92. The van der Waals surface area contributed by atoms with Gasteiger partial charge in [-0.25, -0.2) is 0 Å². The Morgan fingerprint density at radius 3 is 2.18 bits per heavy atom. The zero-order valence-electron chi connectivity index (χ0n) is 7.39. The van der Waals surface area contributed by atoms with Crippen molar-refractivity contribution in [3.05, 3.63) is 35.4 Å². The Labute approximate surface area is 68.4 Å². The molecule has 1 aromatic carbocycles. The van der Waals surface area contributed by atoms with Gasteiger partial charge in [-0.3, -0.25) is 0 Å². The molecule has 1 rings (SSSR count). The summed E-state index contributed by atoms with van der Waals surface area (Å²) < 4.78 is 0. The van der Waals surface area contributed by atoms with Crippen LogP contribution in [-0.2, 0) is 0 Å². The largest absolute Gasteiger partial charge is 0.313 e. The van der Waals surface area contributed by atoms with Crippen molar-refractivity contribution in [1.29, 1.82) is 0 Å². The van der Waals surface area contributed by atoms with E-state index in [1.54, 1.807) is 0 Å². The summed E-state index contributed by atoms with van der Waals surface area (Å²) in [5, 5.41) is 3.20. The molecular formula is C10H15N. The van der Waals surface area contributed by atoms with Gasteiger partial charge in [-0.1, -0.05) is 29.8 Å². The van der Waals surface area contributed by atoms with Crippen LogP contribution >= 0.6 is 0 Å². The van der Waals surface area contributed by atoms with Gasteiger partial charge in [-0.2, -0.15) is 0 Å². The van der Waals surface area contributed by atoms with Crippen molar-refractivity contribution in [2.45, 2.75) is 19.9 Å². The summed E-state index contributed by atoms with van der Waals surface area (Å²) in [6, 6.07) is 9.06. The van der Waals surface area contributed by atoms with E-state index in [4.69, 9.17) is 0 Å². The molecule has 0 aromatic heterocycles. The predicted molar refractivity (Wildman–Crippen MR) is 48.7 cm³/mol. The maximum Gasteiger partial charge on any atom is 0.0289 e. The van der Waals surface area contributed by atoms with Gasteiger partial charge in [0.1, 0.15) is 0 Å². The first-order chi connectivity index (χ1) is 5.24. The van der Waals surface area contributed by atoms with Gasteiger partial charge in [0.2, 0.25) is 0 Å². The molecule has 0 radical (unpaired) electrons. The van der Waals surface area contributed by atoms with Gasteiger partial charge in [0.15, 0.2) is 0 Å². The molecular weight excluding hydrogens is 134 g/mol. The lowest BCUT2D eigenvalue weighted by atomic mass is 10.1. The van der Waals surface area contributed by atoms with Crippen LogP contribution in [0, 0.1) is 6.92 Å². The van der Waals surface area contributed by atoms with Crippen molar-refractivity contribution < 1.29 is 0 Å². The molecule has 60 valence electrons. The quantitative estimate of drug-likeness (QED) is 0.680. The highest BCUT2D eigenvalue weighted by molar-refractivity contribution is 5.23. The van der Waals surface area contributed by atoms with Crippen LogP contribution in [0.2, 0.25) is 0 Å². The zero-order chi connectivity index (χ0) is 8.27. The molecule has 0 spiro atoms. The Bertz CT molecular complexity index is 213. The second-order valence-corrected chi connectivity index (χ2v) is 2.92. The fourth-order valence-electron chi connectivity index (χ4n) is 1.02. The molecule has 1 aromatic rings. The van der Waals surface area contributed by atoms with E-state index in [0.29, 0.717) is 6.04 Å². The Hall–Kier alpha value is -0.820. The molecule has 1 unspecified atom stereocenters. The average molecular weight is 149 g/mol. The summed E-state index contributed by atoms with van der Waals surface area (Å²) in [6.45, 7) is 4.26. The third kappa shape index (κ3) is 2.05. The smallest absolute Gasteiger partial charge is 0.0289 e. The molecule has 11 heavy (non-hydrogen) atoms. The van der Waals surface area contributed by atoms with Crippen LogP contribution in [0.4, 0.5) is 0 Å². The second kappa shape index (κ2) is 3.54. The minimum Gasteiger partial charge on any atom is -0.313 e. The Balaban J connectivity index is 2.81. The summed E-state index contributed by atoms with van der Waals surface area (Å²) in [4.78, 5) is 0. The van der Waals surface area contributed by atoms with E-state index in [0.717, 1.165) is 0 Å². The fourth-order valence-corrected chi connectivity index (χ4v) is 1.02. The first-order valence-electron chi connectivity index (χ1n) is 3.98. The lowest BCUT2D eigenvalue weighted by Crippen LogP contribution is -2.11. The van der Waals surface area contributed by atoms with E-state index in [2.05, 4.69) is 43.4 Å². The minimum atomic E-state index is 0.454. The lowest BCUT2D eigenvalue weighted by Gasteiger charge is -2.09. The summed E-state index contributed by atoms with van der Waals surface area (Å²) in [7, 11) is 1.98. The van der Waals surface area contributed by atoms with E-state index in [1.165, 1.54) is 11.1 Å². The molecule has 1 atom stereocenters. The maximum atomic E-state index is 3.20. The van der Waals surface area contributed by atoms with Crippen LogP contribution in [0.15, 0.2) is 24.3 Å². The molecule has 0 bridgehead atoms. The summed E-state index contributed by atoms with van der Waals surface area (Å²) >= 11 is 0. The minimum absolute atomic E-state index is 0.454. The highest BCUT2D eigenvalue weighted by Crippen LogP contribution is 2.11. The highest BCUT2D eigenvalue weighted by Gasteiger charge is 1.99. The first-order valence-corrected chi connectivity index (χ1v) is 3.98. The van der Waals surface area contributed by atoms with Gasteiger partial charge >= 0.3 is 0 Å². The van der Waals surface area contributed by atoms with Crippen LogP contribution in [0.3, 0.4) is 0 Å². The van der Waals surface area contributed by atoms with Crippen LogP contribution in [0.5, 0.6) is 0 Å². The highest BCUT2D eigenvalue weighted by atomic mass is 14.8. The molecule has 1 N–H and O–H groups in total. The van der Waals surface area contributed by atoms with Crippen molar-refractivity contribution >= 4 is 0 Å². The summed E-state index contributed by atoms with van der Waals surface area (Å²) in [5.41, 5.74) is 2.66. The van der Waals surface area contributed by atoms with Crippen LogP contribution in [-0.4, -0.2) is 7.05 Å². The molecule has 1 heteroatoms. The van der Waals surface area contributed by atoms with E-state index < -0.39 is 0 Å². The summed E-state index contributed by atoms with van der Waals surface area (Å²) in [5.74, 6) is 0. The van der Waals surface area contributed by atoms with Gasteiger partial charge in [0.25, 0.3) is 0 Å². The van der Waals surface area contributed by atoms with E-state index in [1.807, 2.05) is 7.05 Å². The van der Waals surface area contributed by atoms with Gasteiger partial charge in [-0.15, -0.1) is 0 Å². The molecule has 0 heterocycles. The van der Waals surface area contributed by atoms with Gasteiger partial charge < -0.3 is 5.32 Å². The van der Waals surface area contributed by atoms with E-state index in [9.17, 15) is 0 Å². The topological polar surface area (TPSA) is 12.0 Å². The van der Waals surface area contributed by atoms with Crippen LogP contribution in [0.1, 0.15) is 24.1 Å². The molecule has 0 aliphatic heterocycles. The molecule has 0 amide bonds. The normalized spacial score (nSPS) is 13.0. The zero-order valence-corrected chi connectivity index (χ0v) is 7.39. The van der Waals surface area contributed by atoms with Crippen molar-refractivity contribution in [3.63, 3.8) is 0 Å². The lowest BCUT2D eigenvalue weighted by molar-refractivity contribution is 0.652. The third-order valence-electron chi connectivity index (χ3n) is 2.01. The molecule has 0 fully saturated rings. The molecule has 0 saturated heterocycles. The van der Waals surface area contributed by atoms with Crippen LogP contribution in [0.25, 0.3) is 0 Å². The number of hydrogen-bond donors (Lipinski definition) is 1. The Morgan fingerprint density at radius 1 is 1.18 bits per heavy atom. The van der Waals surface area contributed by atoms with Crippen LogP contribution < -0.4 is 5.32 Å². The number of nitrogens with one attached hydrogen (secondary N) is 1. The monoisotopic (exact) mass is 149 g/mol. The predicted octanol–water partition coefficient (Wildman–Crippen LogP) is 2.28. The maximum absolute atomic E-state index is 3.20.